The van der Waals surface area contributed by atoms with Gasteiger partial charge in [-0.25, -0.2) is 9.59 Å². The van der Waals surface area contributed by atoms with E-state index in [1.165, 1.54) is 7.11 Å². The summed E-state index contributed by atoms with van der Waals surface area (Å²) in [7, 11) is 1.33. The number of nitrogens with one attached hydrogen (secondary N) is 1. The van der Waals surface area contributed by atoms with Gasteiger partial charge in [-0.1, -0.05) is 24.8 Å². The maximum Gasteiger partial charge on any atom is 0.337 e. The largest absolute Gasteiger partial charge is 0.490 e. The van der Waals surface area contributed by atoms with E-state index in [0.717, 1.165) is 5.56 Å². The van der Waals surface area contributed by atoms with E-state index in [9.17, 15) is 9.59 Å². The summed E-state index contributed by atoms with van der Waals surface area (Å²) in [4.78, 5) is 26.5. The van der Waals surface area contributed by atoms with E-state index in [1.807, 2.05) is 32.0 Å². The topological polar surface area (TPSA) is 67.9 Å². The molecule has 25 heavy (non-hydrogen) atoms. The van der Waals surface area contributed by atoms with Gasteiger partial charge in [0.1, 0.15) is 12.4 Å². The van der Waals surface area contributed by atoms with Crippen molar-refractivity contribution in [1.82, 2.24) is 10.2 Å². The maximum atomic E-state index is 12.5. The second kappa shape index (κ2) is 7.88. The highest BCUT2D eigenvalue weighted by atomic mass is 16.5. The van der Waals surface area contributed by atoms with Crippen molar-refractivity contribution in [1.29, 1.82) is 0 Å². The molecule has 0 fully saturated rings. The fourth-order valence-corrected chi connectivity index (χ4v) is 2.94. The molecule has 1 atom stereocenters. The third kappa shape index (κ3) is 3.84. The van der Waals surface area contributed by atoms with Crippen molar-refractivity contribution in [2.75, 3.05) is 13.7 Å². The number of nitrogens with zero attached hydrogens (tertiary/aromatic N) is 1. The second-order valence-electron chi connectivity index (χ2n) is 6.01. The predicted octanol–water partition coefficient (Wildman–Crippen LogP) is 3.17. The minimum absolute atomic E-state index is 0.0807. The molecule has 0 aliphatic carbocycles. The molecular formula is C19H24N2O4. The van der Waals surface area contributed by atoms with Gasteiger partial charge in [0.05, 0.1) is 18.7 Å². The molecular weight excluding hydrogens is 320 g/mol. The molecule has 0 spiro atoms. The molecule has 0 radical (unpaired) electrons. The molecule has 1 heterocycles. The van der Waals surface area contributed by atoms with Gasteiger partial charge >= 0.3 is 12.0 Å². The zero-order valence-electron chi connectivity index (χ0n) is 15.0. The number of hydrogen-bond donors (Lipinski definition) is 1. The molecule has 6 heteroatoms. The van der Waals surface area contributed by atoms with Crippen molar-refractivity contribution in [3.63, 3.8) is 0 Å². The number of amides is 2. The van der Waals surface area contributed by atoms with Gasteiger partial charge in [0.15, 0.2) is 0 Å². The van der Waals surface area contributed by atoms with Crippen LogP contribution in [0.15, 0.2) is 48.2 Å². The van der Waals surface area contributed by atoms with E-state index in [1.54, 1.807) is 24.0 Å². The Bertz CT molecular complexity index is 709. The van der Waals surface area contributed by atoms with Gasteiger partial charge in [0.25, 0.3) is 0 Å². The predicted molar refractivity (Wildman–Crippen MR) is 95.1 cm³/mol. The Morgan fingerprint density at radius 2 is 2.16 bits per heavy atom. The summed E-state index contributed by atoms with van der Waals surface area (Å²) in [5, 5.41) is 2.90. The SMILES string of the molecule is C=CCOc1cccc([C@H]2NC(=O)N(C(C)C)C(C)=C2C(=O)OC)c1. The number of urea groups is 1. The lowest BCUT2D eigenvalue weighted by molar-refractivity contribution is -0.136. The van der Waals surface area contributed by atoms with Crippen LogP contribution in [0.4, 0.5) is 4.79 Å². The van der Waals surface area contributed by atoms with Crippen molar-refractivity contribution in [3.8, 4) is 5.75 Å². The number of carbonyl (C=O) groups excluding carboxylic acids is 2. The van der Waals surface area contributed by atoms with E-state index >= 15 is 0 Å². The minimum atomic E-state index is -0.595. The number of rotatable bonds is 6. The third-order valence-electron chi connectivity index (χ3n) is 4.01. The fourth-order valence-electron chi connectivity index (χ4n) is 2.94. The summed E-state index contributed by atoms with van der Waals surface area (Å²) in [5.74, 6) is 0.172. The van der Waals surface area contributed by atoms with Crippen molar-refractivity contribution in [3.05, 3.63) is 53.8 Å². The van der Waals surface area contributed by atoms with Crippen LogP contribution >= 0.6 is 0 Å². The van der Waals surface area contributed by atoms with Crippen LogP contribution in [-0.4, -0.2) is 36.7 Å². The number of ether oxygens (including phenoxy) is 2. The lowest BCUT2D eigenvalue weighted by atomic mass is 9.94. The number of carbonyl (C=O) groups is 2. The molecule has 0 bridgehead atoms. The summed E-state index contributed by atoms with van der Waals surface area (Å²) < 4.78 is 10.5. The molecule has 1 aromatic carbocycles. The Morgan fingerprint density at radius 3 is 2.76 bits per heavy atom. The van der Waals surface area contributed by atoms with Crippen LogP contribution in [0.1, 0.15) is 32.4 Å². The van der Waals surface area contributed by atoms with Crippen molar-refractivity contribution in [2.24, 2.45) is 0 Å². The highest BCUT2D eigenvalue weighted by Gasteiger charge is 2.37. The Morgan fingerprint density at radius 1 is 1.44 bits per heavy atom. The summed E-state index contributed by atoms with van der Waals surface area (Å²) >= 11 is 0. The number of allylic oxidation sites excluding steroid dienone is 1. The number of methoxy groups -OCH3 is 1. The molecule has 1 aliphatic heterocycles. The Kier molecular flexibility index (Phi) is 5.85. The Labute approximate surface area is 148 Å². The van der Waals surface area contributed by atoms with Gasteiger partial charge in [-0.05, 0) is 38.5 Å². The molecule has 2 rings (SSSR count). The molecule has 0 saturated carbocycles. The summed E-state index contributed by atoms with van der Waals surface area (Å²) in [5.41, 5.74) is 1.75. The standard InChI is InChI=1S/C19H24N2O4/c1-6-10-25-15-9-7-8-14(11-15)17-16(18(22)24-5)13(4)21(12(2)3)19(23)20-17/h6-9,11-12,17H,1,10H2,2-5H3,(H,20,23)/t17-/m1/s1. The maximum absolute atomic E-state index is 12.5. The third-order valence-corrected chi connectivity index (χ3v) is 4.01. The summed E-state index contributed by atoms with van der Waals surface area (Å²) in [6, 6.07) is 6.35. The van der Waals surface area contributed by atoms with Crippen LogP contribution in [0, 0.1) is 0 Å². The van der Waals surface area contributed by atoms with E-state index < -0.39 is 12.0 Å². The van der Waals surface area contributed by atoms with Crippen LogP contribution in [0.2, 0.25) is 0 Å². The molecule has 1 N–H and O–H groups in total. The fraction of sp³-hybridized carbons (Fsp3) is 0.368. The van der Waals surface area contributed by atoms with E-state index in [0.29, 0.717) is 23.6 Å². The van der Waals surface area contributed by atoms with Gasteiger partial charge in [-0.2, -0.15) is 0 Å². The summed E-state index contributed by atoms with van der Waals surface area (Å²) in [6.07, 6.45) is 1.65. The Hall–Kier alpha value is -2.76. The van der Waals surface area contributed by atoms with Crippen molar-refractivity contribution in [2.45, 2.75) is 32.9 Å². The summed E-state index contributed by atoms with van der Waals surface area (Å²) in [6.45, 7) is 9.54. The first-order valence-corrected chi connectivity index (χ1v) is 8.13. The molecule has 134 valence electrons. The molecule has 0 unspecified atom stereocenters. The zero-order valence-corrected chi connectivity index (χ0v) is 15.0. The molecule has 0 aromatic heterocycles. The van der Waals surface area contributed by atoms with E-state index in [-0.39, 0.29) is 12.1 Å². The van der Waals surface area contributed by atoms with Gasteiger partial charge in [0, 0.05) is 11.7 Å². The van der Waals surface area contributed by atoms with Gasteiger partial charge in [-0.3, -0.25) is 4.90 Å². The highest BCUT2D eigenvalue weighted by Crippen LogP contribution is 2.33. The monoisotopic (exact) mass is 344 g/mol. The zero-order chi connectivity index (χ0) is 18.6. The van der Waals surface area contributed by atoms with E-state index in [4.69, 9.17) is 9.47 Å². The minimum Gasteiger partial charge on any atom is -0.490 e. The van der Waals surface area contributed by atoms with Crippen LogP contribution < -0.4 is 10.1 Å². The van der Waals surface area contributed by atoms with Gasteiger partial charge in [-0.15, -0.1) is 0 Å². The van der Waals surface area contributed by atoms with Crippen LogP contribution in [0.3, 0.4) is 0 Å². The average Bonchev–Trinajstić information content (AvgIpc) is 2.58. The molecule has 1 aromatic rings. The molecule has 0 saturated heterocycles. The van der Waals surface area contributed by atoms with E-state index in [2.05, 4.69) is 11.9 Å². The smallest absolute Gasteiger partial charge is 0.337 e. The van der Waals surface area contributed by atoms with Gasteiger partial charge < -0.3 is 14.8 Å². The van der Waals surface area contributed by atoms with Crippen LogP contribution in [0.5, 0.6) is 5.75 Å². The van der Waals surface area contributed by atoms with Crippen molar-refractivity contribution < 1.29 is 19.1 Å². The molecule has 6 nitrogen and oxygen atoms in total. The number of hydrogen-bond acceptors (Lipinski definition) is 4. The lowest BCUT2D eigenvalue weighted by Crippen LogP contribution is -2.50. The van der Waals surface area contributed by atoms with Crippen LogP contribution in [0.25, 0.3) is 0 Å². The van der Waals surface area contributed by atoms with Crippen molar-refractivity contribution >= 4 is 12.0 Å². The Balaban J connectivity index is 2.50. The quantitative estimate of drug-likeness (QED) is 0.636. The van der Waals surface area contributed by atoms with Gasteiger partial charge in [0.2, 0.25) is 0 Å². The number of benzene rings is 1. The normalized spacial score (nSPS) is 17.4. The first-order valence-electron chi connectivity index (χ1n) is 8.13. The first-order chi connectivity index (χ1) is 11.9. The highest BCUT2D eigenvalue weighted by molar-refractivity contribution is 5.95. The molecule has 1 aliphatic rings. The average molecular weight is 344 g/mol. The first kappa shape index (κ1) is 18.6. The molecule has 2 amide bonds. The lowest BCUT2D eigenvalue weighted by Gasteiger charge is -2.37. The second-order valence-corrected chi connectivity index (χ2v) is 6.01. The van der Waals surface area contributed by atoms with Crippen LogP contribution in [-0.2, 0) is 9.53 Å². The number of esters is 1.